The van der Waals surface area contributed by atoms with E-state index < -0.39 is 23.3 Å². The zero-order valence-electron chi connectivity index (χ0n) is 26.7. The van der Waals surface area contributed by atoms with Gasteiger partial charge in [-0.15, -0.1) is 6.42 Å². The molecule has 1 aliphatic carbocycles. The van der Waals surface area contributed by atoms with Crippen LogP contribution in [0.1, 0.15) is 62.5 Å². The molecule has 1 aromatic heterocycles. The quantitative estimate of drug-likeness (QED) is 0.270. The van der Waals surface area contributed by atoms with Gasteiger partial charge in [-0.2, -0.15) is 15.0 Å². The van der Waals surface area contributed by atoms with Crippen LogP contribution in [0.3, 0.4) is 0 Å². The van der Waals surface area contributed by atoms with E-state index in [0.29, 0.717) is 44.0 Å². The molecule has 11 nitrogen and oxygen atoms in total. The number of hydrogen-bond acceptors (Lipinski definition) is 11. The van der Waals surface area contributed by atoms with Gasteiger partial charge in [0.05, 0.1) is 37.8 Å². The third kappa shape index (κ3) is 6.76. The lowest BCUT2D eigenvalue weighted by Gasteiger charge is -2.37. The van der Waals surface area contributed by atoms with Crippen LogP contribution in [0.5, 0.6) is 11.8 Å². The molecule has 2 fully saturated rings. The molecular formula is C33H43FN6O5. The van der Waals surface area contributed by atoms with Gasteiger partial charge in [-0.25, -0.2) is 9.38 Å². The number of aromatic nitrogens is 3. The van der Waals surface area contributed by atoms with Crippen LogP contribution in [0, 0.1) is 12.3 Å². The molecule has 0 spiro atoms. The van der Waals surface area contributed by atoms with Gasteiger partial charge in [0.25, 0.3) is 0 Å². The number of hydrogen-bond donors (Lipinski definition) is 2. The number of phenolic OH excluding ortho intramolecular Hbond substituents is 1. The first-order chi connectivity index (χ1) is 21.3. The standard InChI is InChI=1S/C33H43FN6O5/c1-8-24-26(41)12-11-22-10-9-13-33(5,27(22)24)29(43-7)35-20(2)28-36-30(40-14-15-44-19-32(4,42)18-40)38-31(37-28)45-21(3)25-16-23(34)17-39(25)6/h1,11-12,21,23,25,41-42H,2,9-10,13-19H2,3-7H3/t21-,23+,25?,32+,33-/m0/s1. The minimum Gasteiger partial charge on any atom is -0.507 e. The van der Waals surface area contributed by atoms with Crippen molar-refractivity contribution < 1.29 is 28.8 Å². The number of alkyl halides is 1. The first kappa shape index (κ1) is 32.6. The third-order valence-electron chi connectivity index (χ3n) is 8.97. The summed E-state index contributed by atoms with van der Waals surface area (Å²) in [5.74, 6) is 3.45. The number of anilines is 1. The summed E-state index contributed by atoms with van der Waals surface area (Å²) in [4.78, 5) is 22.4. The Morgan fingerprint density at radius 1 is 1.31 bits per heavy atom. The fraction of sp³-hybridized carbons (Fsp3) is 0.576. The molecule has 5 atom stereocenters. The van der Waals surface area contributed by atoms with Crippen molar-refractivity contribution in [2.45, 2.75) is 75.8 Å². The molecule has 0 radical (unpaired) electrons. The van der Waals surface area contributed by atoms with E-state index >= 15 is 0 Å². The van der Waals surface area contributed by atoms with E-state index in [1.54, 1.807) is 13.0 Å². The molecule has 12 heteroatoms. The maximum atomic E-state index is 14.2. The molecule has 0 saturated carbocycles. The number of terminal acetylenes is 1. The Kier molecular flexibility index (Phi) is 9.35. The van der Waals surface area contributed by atoms with Crippen molar-refractivity contribution in [3.63, 3.8) is 0 Å². The number of fused-ring (bicyclic) bond motifs is 1. The predicted molar refractivity (Wildman–Crippen MR) is 169 cm³/mol. The summed E-state index contributed by atoms with van der Waals surface area (Å²) in [7, 11) is 3.40. The summed E-state index contributed by atoms with van der Waals surface area (Å²) in [5.41, 5.74) is 0.550. The predicted octanol–water partition coefficient (Wildman–Crippen LogP) is 3.27. The zero-order valence-corrected chi connectivity index (χ0v) is 26.7. The number of likely N-dealkylation sites (N-methyl/N-ethyl adjacent to an activating group) is 1. The highest BCUT2D eigenvalue weighted by Crippen LogP contribution is 2.43. The summed E-state index contributed by atoms with van der Waals surface area (Å²) in [6.45, 7) is 11.2. The number of phenols is 1. The Labute approximate surface area is 264 Å². The lowest BCUT2D eigenvalue weighted by molar-refractivity contribution is -0.0123. The number of aliphatic hydroxyl groups is 1. The summed E-state index contributed by atoms with van der Waals surface area (Å²) in [5, 5.41) is 21.4. The number of likely N-dealkylation sites (tertiary alicyclic amines) is 1. The van der Waals surface area contributed by atoms with Crippen molar-refractivity contribution in [1.82, 2.24) is 19.9 Å². The molecule has 2 aliphatic heterocycles. The second kappa shape index (κ2) is 12.9. The van der Waals surface area contributed by atoms with Crippen LogP contribution in [0.15, 0.2) is 23.7 Å². The van der Waals surface area contributed by atoms with Gasteiger partial charge < -0.3 is 29.3 Å². The highest BCUT2D eigenvalue weighted by Gasteiger charge is 2.41. The summed E-state index contributed by atoms with van der Waals surface area (Å²) in [6.07, 6.45) is 7.21. The Hall–Kier alpha value is -3.79. The molecule has 0 bridgehead atoms. The number of aromatic hydroxyl groups is 1. The number of β-amino-alcohol motifs (C(OH)–C–C–N with tert-alkyl or cyclic N) is 1. The highest BCUT2D eigenvalue weighted by molar-refractivity contribution is 5.93. The van der Waals surface area contributed by atoms with Gasteiger partial charge in [0.15, 0.2) is 11.7 Å². The normalized spacial score (nSPS) is 28.1. The molecule has 2 saturated heterocycles. The second-order valence-corrected chi connectivity index (χ2v) is 12.8. The van der Waals surface area contributed by atoms with Gasteiger partial charge in [-0.1, -0.05) is 18.6 Å². The van der Waals surface area contributed by atoms with E-state index in [1.165, 1.54) is 7.11 Å². The molecule has 1 aromatic carbocycles. The number of nitrogens with zero attached hydrogens (tertiary/aromatic N) is 6. The van der Waals surface area contributed by atoms with Gasteiger partial charge in [0.1, 0.15) is 29.3 Å². The Morgan fingerprint density at radius 2 is 2.09 bits per heavy atom. The number of halogens is 1. The van der Waals surface area contributed by atoms with E-state index in [0.717, 1.165) is 24.0 Å². The highest BCUT2D eigenvalue weighted by atomic mass is 19.1. The minimum absolute atomic E-state index is 0.0287. The first-order valence-electron chi connectivity index (χ1n) is 15.3. The van der Waals surface area contributed by atoms with Gasteiger partial charge in [-0.05, 0) is 70.7 Å². The molecule has 2 aromatic rings. The SMILES string of the molecule is C#Cc1c(O)ccc2c1[C@@](C)(C(=NC(=C)c1nc(O[C@@H](C)C3C[C@@H](F)CN3C)nc(N3CCOC[C@](C)(O)C3)n1)OC)CCC2. The summed E-state index contributed by atoms with van der Waals surface area (Å²) < 4.78 is 31.9. The van der Waals surface area contributed by atoms with Crippen LogP contribution in [0.25, 0.3) is 5.70 Å². The van der Waals surface area contributed by atoms with Crippen molar-refractivity contribution in [3.05, 3.63) is 41.2 Å². The minimum atomic E-state index is -1.14. The average molecular weight is 623 g/mol. The van der Waals surface area contributed by atoms with Gasteiger partial charge in [0, 0.05) is 19.1 Å². The molecule has 0 amide bonds. The monoisotopic (exact) mass is 622 g/mol. The van der Waals surface area contributed by atoms with Crippen LogP contribution in [-0.4, -0.2) is 107 Å². The lowest BCUT2D eigenvalue weighted by Crippen LogP contribution is -2.42. The van der Waals surface area contributed by atoms with Crippen molar-refractivity contribution in [1.29, 1.82) is 0 Å². The number of aryl methyl sites for hydroxylation is 1. The summed E-state index contributed by atoms with van der Waals surface area (Å²) >= 11 is 0. The molecule has 3 aliphatic rings. The zero-order chi connectivity index (χ0) is 32.5. The van der Waals surface area contributed by atoms with Crippen LogP contribution in [-0.2, 0) is 21.3 Å². The average Bonchev–Trinajstić information content (AvgIpc) is 3.23. The van der Waals surface area contributed by atoms with E-state index in [4.69, 9.17) is 30.6 Å². The van der Waals surface area contributed by atoms with Crippen molar-refractivity contribution in [2.24, 2.45) is 4.99 Å². The lowest BCUT2D eigenvalue weighted by atomic mass is 9.69. The third-order valence-corrected chi connectivity index (χ3v) is 8.97. The fourth-order valence-corrected chi connectivity index (χ4v) is 6.76. The Balaban J connectivity index is 1.54. The Morgan fingerprint density at radius 3 is 2.78 bits per heavy atom. The van der Waals surface area contributed by atoms with Gasteiger partial charge in [-0.3, -0.25) is 4.90 Å². The van der Waals surface area contributed by atoms with E-state index in [2.05, 4.69) is 22.5 Å². The van der Waals surface area contributed by atoms with Crippen LogP contribution >= 0.6 is 0 Å². The maximum absolute atomic E-state index is 14.2. The van der Waals surface area contributed by atoms with E-state index in [-0.39, 0.29) is 48.4 Å². The Bertz CT molecular complexity index is 1510. The number of benzene rings is 1. The smallest absolute Gasteiger partial charge is 0.322 e. The molecule has 45 heavy (non-hydrogen) atoms. The molecule has 1 unspecified atom stereocenters. The van der Waals surface area contributed by atoms with Gasteiger partial charge in [0.2, 0.25) is 5.95 Å². The topological polar surface area (TPSA) is 126 Å². The van der Waals surface area contributed by atoms with Crippen molar-refractivity contribution >= 4 is 17.5 Å². The van der Waals surface area contributed by atoms with Crippen molar-refractivity contribution in [2.75, 3.05) is 51.9 Å². The van der Waals surface area contributed by atoms with Crippen LogP contribution < -0.4 is 9.64 Å². The molecule has 2 N–H and O–H groups in total. The van der Waals surface area contributed by atoms with Crippen LogP contribution in [0.2, 0.25) is 0 Å². The number of aliphatic imine (C=N–C) groups is 1. The largest absolute Gasteiger partial charge is 0.507 e. The maximum Gasteiger partial charge on any atom is 0.322 e. The molecule has 242 valence electrons. The van der Waals surface area contributed by atoms with Gasteiger partial charge >= 0.3 is 6.01 Å². The fourth-order valence-electron chi connectivity index (χ4n) is 6.76. The van der Waals surface area contributed by atoms with E-state index in [9.17, 15) is 14.6 Å². The first-order valence-corrected chi connectivity index (χ1v) is 15.3. The number of methoxy groups -OCH3 is 1. The summed E-state index contributed by atoms with van der Waals surface area (Å²) in [6, 6.07) is 3.39. The molecule has 5 rings (SSSR count). The van der Waals surface area contributed by atoms with Crippen molar-refractivity contribution in [3.8, 4) is 24.1 Å². The van der Waals surface area contributed by atoms with Crippen LogP contribution in [0.4, 0.5) is 10.3 Å². The molecular weight excluding hydrogens is 579 g/mol. The second-order valence-electron chi connectivity index (χ2n) is 12.8. The number of ether oxygens (including phenoxy) is 3. The van der Waals surface area contributed by atoms with E-state index in [1.807, 2.05) is 36.8 Å². The number of rotatable bonds is 7. The molecule has 3 heterocycles.